The van der Waals surface area contributed by atoms with Crippen LogP contribution in [0.15, 0.2) is 72.5 Å². The van der Waals surface area contributed by atoms with Crippen molar-refractivity contribution in [2.45, 2.75) is 25.5 Å². The lowest BCUT2D eigenvalue weighted by Crippen LogP contribution is -2.38. The number of rotatable bonds is 8. The van der Waals surface area contributed by atoms with Crippen molar-refractivity contribution in [3.8, 4) is 5.75 Å². The summed E-state index contributed by atoms with van der Waals surface area (Å²) >= 11 is 0. The SMILES string of the molecule is C=CC1=C(NC)CN(c2cccc(OCC(O)CN3CCc4ccccc4C3)c2)CC1. The van der Waals surface area contributed by atoms with Gasteiger partial charge in [0.2, 0.25) is 0 Å². The van der Waals surface area contributed by atoms with Crippen molar-refractivity contribution in [1.82, 2.24) is 10.2 Å². The maximum absolute atomic E-state index is 10.6. The Morgan fingerprint density at radius 2 is 1.94 bits per heavy atom. The van der Waals surface area contributed by atoms with E-state index in [0.717, 1.165) is 50.5 Å². The van der Waals surface area contributed by atoms with Gasteiger partial charge in [0, 0.05) is 50.7 Å². The van der Waals surface area contributed by atoms with Crippen molar-refractivity contribution in [2.75, 3.05) is 44.7 Å². The highest BCUT2D eigenvalue weighted by molar-refractivity contribution is 5.53. The fraction of sp³-hybridized carbons (Fsp3) is 0.385. The summed E-state index contributed by atoms with van der Waals surface area (Å²) in [4.78, 5) is 4.65. The zero-order chi connectivity index (χ0) is 21.6. The molecule has 0 spiro atoms. The van der Waals surface area contributed by atoms with Crippen LogP contribution < -0.4 is 15.0 Å². The predicted octanol–water partition coefficient (Wildman–Crippen LogP) is 3.35. The molecular formula is C26H33N3O2. The van der Waals surface area contributed by atoms with Crippen LogP contribution >= 0.6 is 0 Å². The summed E-state index contributed by atoms with van der Waals surface area (Å²) in [5.74, 6) is 0.796. The number of β-amino-alcohol motifs (C(OH)–C–C–N with tert-alkyl or cyclic N) is 1. The summed E-state index contributed by atoms with van der Waals surface area (Å²) in [5.41, 5.74) is 6.43. The molecule has 0 bridgehead atoms. The smallest absolute Gasteiger partial charge is 0.121 e. The van der Waals surface area contributed by atoms with E-state index < -0.39 is 6.10 Å². The molecule has 0 saturated carbocycles. The highest BCUT2D eigenvalue weighted by Crippen LogP contribution is 2.26. The van der Waals surface area contributed by atoms with Crippen LogP contribution in [-0.4, -0.2) is 55.9 Å². The molecule has 0 aliphatic carbocycles. The topological polar surface area (TPSA) is 48.0 Å². The minimum absolute atomic E-state index is 0.296. The molecule has 2 aliphatic heterocycles. The minimum atomic E-state index is -0.516. The van der Waals surface area contributed by atoms with E-state index in [0.29, 0.717) is 13.2 Å². The number of anilines is 1. The predicted molar refractivity (Wildman–Crippen MR) is 126 cm³/mol. The molecule has 0 radical (unpaired) electrons. The number of ether oxygens (including phenoxy) is 1. The molecule has 4 rings (SSSR count). The number of likely N-dealkylation sites (N-methyl/N-ethyl adjacent to an activating group) is 1. The Bertz CT molecular complexity index is 940. The van der Waals surface area contributed by atoms with E-state index in [4.69, 9.17) is 4.74 Å². The van der Waals surface area contributed by atoms with Crippen LogP contribution in [0.1, 0.15) is 17.5 Å². The van der Waals surface area contributed by atoms with Crippen molar-refractivity contribution >= 4 is 5.69 Å². The molecule has 0 fully saturated rings. The van der Waals surface area contributed by atoms with Crippen molar-refractivity contribution in [2.24, 2.45) is 0 Å². The fourth-order valence-corrected chi connectivity index (χ4v) is 4.49. The molecule has 31 heavy (non-hydrogen) atoms. The first kappa shape index (κ1) is 21.5. The largest absolute Gasteiger partial charge is 0.491 e. The van der Waals surface area contributed by atoms with Gasteiger partial charge in [-0.15, -0.1) is 0 Å². The number of fused-ring (bicyclic) bond motifs is 1. The van der Waals surface area contributed by atoms with Gasteiger partial charge in [-0.05, 0) is 41.7 Å². The molecule has 164 valence electrons. The quantitative estimate of drug-likeness (QED) is 0.687. The number of hydrogen-bond donors (Lipinski definition) is 2. The van der Waals surface area contributed by atoms with Crippen molar-refractivity contribution in [1.29, 1.82) is 0 Å². The molecule has 1 unspecified atom stereocenters. The fourth-order valence-electron chi connectivity index (χ4n) is 4.49. The van der Waals surface area contributed by atoms with E-state index in [-0.39, 0.29) is 0 Å². The minimum Gasteiger partial charge on any atom is -0.491 e. The van der Waals surface area contributed by atoms with Crippen LogP contribution in [0.3, 0.4) is 0 Å². The van der Waals surface area contributed by atoms with Crippen molar-refractivity contribution < 1.29 is 9.84 Å². The van der Waals surface area contributed by atoms with Gasteiger partial charge in [-0.3, -0.25) is 4.90 Å². The van der Waals surface area contributed by atoms with E-state index in [2.05, 4.69) is 58.1 Å². The first-order chi connectivity index (χ1) is 15.2. The van der Waals surface area contributed by atoms with Gasteiger partial charge in [0.05, 0.1) is 6.54 Å². The van der Waals surface area contributed by atoms with Gasteiger partial charge in [-0.25, -0.2) is 0 Å². The number of nitrogens with zero attached hydrogens (tertiary/aromatic N) is 2. The third-order valence-electron chi connectivity index (χ3n) is 6.24. The van der Waals surface area contributed by atoms with Crippen molar-refractivity contribution in [3.63, 3.8) is 0 Å². The highest BCUT2D eigenvalue weighted by Gasteiger charge is 2.20. The number of nitrogens with one attached hydrogen (secondary N) is 1. The second-order valence-corrected chi connectivity index (χ2v) is 8.35. The average molecular weight is 420 g/mol. The second-order valence-electron chi connectivity index (χ2n) is 8.35. The van der Waals surface area contributed by atoms with Crippen molar-refractivity contribution in [3.05, 3.63) is 83.6 Å². The lowest BCUT2D eigenvalue weighted by molar-refractivity contribution is 0.0638. The molecule has 2 N–H and O–H groups in total. The number of hydrogen-bond acceptors (Lipinski definition) is 5. The summed E-state index contributed by atoms with van der Waals surface area (Å²) in [5, 5.41) is 13.9. The van der Waals surface area contributed by atoms with E-state index >= 15 is 0 Å². The molecule has 2 aromatic carbocycles. The summed E-state index contributed by atoms with van der Waals surface area (Å²) in [6.07, 6.45) is 3.45. The summed E-state index contributed by atoms with van der Waals surface area (Å²) in [7, 11) is 1.96. The van der Waals surface area contributed by atoms with Crippen LogP contribution in [0.2, 0.25) is 0 Å². The molecular weight excluding hydrogens is 386 g/mol. The van der Waals surface area contributed by atoms with Gasteiger partial charge in [0.25, 0.3) is 0 Å². The van der Waals surface area contributed by atoms with Crippen LogP contribution in [0.25, 0.3) is 0 Å². The maximum Gasteiger partial charge on any atom is 0.121 e. The zero-order valence-corrected chi connectivity index (χ0v) is 18.4. The van der Waals surface area contributed by atoms with Gasteiger partial charge in [-0.2, -0.15) is 0 Å². The Labute approximate surface area is 185 Å². The summed E-state index contributed by atoms with van der Waals surface area (Å²) < 4.78 is 5.96. The van der Waals surface area contributed by atoms with Gasteiger partial charge < -0.3 is 20.1 Å². The molecule has 2 aliphatic rings. The molecule has 5 nitrogen and oxygen atoms in total. The Morgan fingerprint density at radius 1 is 1.10 bits per heavy atom. The number of benzene rings is 2. The van der Waals surface area contributed by atoms with Gasteiger partial charge in [-0.1, -0.05) is 43.0 Å². The van der Waals surface area contributed by atoms with E-state index in [1.807, 2.05) is 25.3 Å². The van der Waals surface area contributed by atoms with Gasteiger partial charge in [0.1, 0.15) is 18.5 Å². The van der Waals surface area contributed by atoms with Crippen LogP contribution in [0.4, 0.5) is 5.69 Å². The molecule has 0 saturated heterocycles. The Balaban J connectivity index is 1.30. The van der Waals surface area contributed by atoms with Crippen LogP contribution in [0.5, 0.6) is 5.75 Å². The molecule has 2 heterocycles. The number of allylic oxidation sites excluding steroid dienone is 1. The first-order valence-electron chi connectivity index (χ1n) is 11.1. The summed E-state index contributed by atoms with van der Waals surface area (Å²) in [6.45, 7) is 8.51. The van der Waals surface area contributed by atoms with E-state index in [9.17, 15) is 5.11 Å². The van der Waals surface area contributed by atoms with E-state index in [1.165, 1.54) is 22.4 Å². The zero-order valence-electron chi connectivity index (χ0n) is 18.4. The third-order valence-corrected chi connectivity index (χ3v) is 6.24. The lowest BCUT2D eigenvalue weighted by Gasteiger charge is -2.32. The molecule has 0 aromatic heterocycles. The highest BCUT2D eigenvalue weighted by atomic mass is 16.5. The first-order valence-corrected chi connectivity index (χ1v) is 11.1. The van der Waals surface area contributed by atoms with Gasteiger partial charge in [0.15, 0.2) is 0 Å². The Hall–Kier alpha value is -2.76. The second kappa shape index (κ2) is 10.0. The molecule has 1 atom stereocenters. The van der Waals surface area contributed by atoms with Crippen LogP contribution in [0, 0.1) is 0 Å². The Morgan fingerprint density at radius 3 is 2.74 bits per heavy atom. The molecule has 2 aromatic rings. The monoisotopic (exact) mass is 419 g/mol. The lowest BCUT2D eigenvalue weighted by atomic mass is 10.00. The van der Waals surface area contributed by atoms with E-state index in [1.54, 1.807) is 0 Å². The molecule has 5 heteroatoms. The Kier molecular flexibility index (Phi) is 6.95. The van der Waals surface area contributed by atoms with Crippen LogP contribution in [-0.2, 0) is 13.0 Å². The average Bonchev–Trinajstić information content (AvgIpc) is 2.82. The standard InChI is InChI=1S/C26H33N3O2/c1-3-20-12-14-29(18-26(20)27-2)23-9-6-10-25(15-23)31-19-24(30)17-28-13-11-21-7-4-5-8-22(21)16-28/h3-10,15,24,27,30H,1,11-14,16-19H2,2H3. The number of aliphatic hydroxyl groups is 1. The molecule has 0 amide bonds. The summed E-state index contributed by atoms with van der Waals surface area (Å²) in [6, 6.07) is 16.7. The third kappa shape index (κ3) is 5.30. The number of aliphatic hydroxyl groups excluding tert-OH is 1. The normalized spacial score (nSPS) is 17.8. The maximum atomic E-state index is 10.6. The van der Waals surface area contributed by atoms with Gasteiger partial charge >= 0.3 is 0 Å².